The number of hydrogen-bond acceptors (Lipinski definition) is 2. The number of amides is 1. The van der Waals surface area contributed by atoms with E-state index in [0.717, 1.165) is 17.8 Å². The van der Waals surface area contributed by atoms with Crippen molar-refractivity contribution < 1.29 is 18.0 Å². The van der Waals surface area contributed by atoms with Crippen LogP contribution in [-0.4, -0.2) is 12.5 Å². The molecule has 0 fully saturated rings. The lowest BCUT2D eigenvalue weighted by molar-refractivity contribution is -0.114. The van der Waals surface area contributed by atoms with Gasteiger partial charge >= 0.3 is 0 Å². The Balaban J connectivity index is 1.94. The SMILES string of the molecule is CC(C)c1ccc(NCC(=O)Nc2ccc(F)c(F)c2F)cc1. The van der Waals surface area contributed by atoms with Gasteiger partial charge in [-0.1, -0.05) is 26.0 Å². The Kier molecular flexibility index (Phi) is 5.26. The molecule has 2 aromatic carbocycles. The van der Waals surface area contributed by atoms with Crippen molar-refractivity contribution in [2.75, 3.05) is 17.2 Å². The van der Waals surface area contributed by atoms with Gasteiger partial charge in [-0.15, -0.1) is 0 Å². The van der Waals surface area contributed by atoms with Gasteiger partial charge in [-0.25, -0.2) is 13.2 Å². The summed E-state index contributed by atoms with van der Waals surface area (Å²) in [5.41, 5.74) is 1.50. The molecule has 0 aliphatic heterocycles. The van der Waals surface area contributed by atoms with Gasteiger partial charge in [0.1, 0.15) is 0 Å². The first-order valence-corrected chi connectivity index (χ1v) is 7.15. The Labute approximate surface area is 132 Å². The average molecular weight is 322 g/mol. The van der Waals surface area contributed by atoms with Crippen LogP contribution < -0.4 is 10.6 Å². The van der Waals surface area contributed by atoms with Crippen molar-refractivity contribution in [2.45, 2.75) is 19.8 Å². The molecule has 1 amide bonds. The molecular formula is C17H17F3N2O. The van der Waals surface area contributed by atoms with Gasteiger partial charge in [-0.3, -0.25) is 4.79 Å². The lowest BCUT2D eigenvalue weighted by Gasteiger charge is -2.10. The fraction of sp³-hybridized carbons (Fsp3) is 0.235. The molecule has 3 nitrogen and oxygen atoms in total. The van der Waals surface area contributed by atoms with Crippen molar-refractivity contribution in [1.29, 1.82) is 0 Å². The fourth-order valence-electron chi connectivity index (χ4n) is 1.99. The number of benzene rings is 2. The van der Waals surface area contributed by atoms with Crippen molar-refractivity contribution in [3.63, 3.8) is 0 Å². The lowest BCUT2D eigenvalue weighted by atomic mass is 10.0. The second-order valence-electron chi connectivity index (χ2n) is 5.40. The van der Waals surface area contributed by atoms with Gasteiger partial charge in [0.2, 0.25) is 5.91 Å². The van der Waals surface area contributed by atoms with E-state index in [0.29, 0.717) is 5.92 Å². The molecule has 6 heteroatoms. The topological polar surface area (TPSA) is 41.1 Å². The van der Waals surface area contributed by atoms with Crippen LogP contribution in [0, 0.1) is 17.5 Å². The lowest BCUT2D eigenvalue weighted by Crippen LogP contribution is -2.22. The summed E-state index contributed by atoms with van der Waals surface area (Å²) in [6, 6.07) is 9.29. The van der Waals surface area contributed by atoms with Crippen LogP contribution in [0.1, 0.15) is 25.3 Å². The molecule has 0 aromatic heterocycles. The van der Waals surface area contributed by atoms with E-state index in [1.165, 1.54) is 5.56 Å². The summed E-state index contributed by atoms with van der Waals surface area (Å²) in [7, 11) is 0. The van der Waals surface area contributed by atoms with Crippen molar-refractivity contribution in [1.82, 2.24) is 0 Å². The van der Waals surface area contributed by atoms with Crippen LogP contribution in [0.5, 0.6) is 0 Å². The Morgan fingerprint density at radius 3 is 2.26 bits per heavy atom. The van der Waals surface area contributed by atoms with Crippen molar-refractivity contribution >= 4 is 17.3 Å². The minimum absolute atomic E-state index is 0.126. The molecule has 0 heterocycles. The van der Waals surface area contributed by atoms with Crippen molar-refractivity contribution in [3.8, 4) is 0 Å². The number of hydrogen-bond donors (Lipinski definition) is 2. The van der Waals surface area contributed by atoms with Crippen LogP contribution >= 0.6 is 0 Å². The molecule has 23 heavy (non-hydrogen) atoms. The molecule has 0 radical (unpaired) electrons. The van der Waals surface area contributed by atoms with Gasteiger partial charge in [-0.05, 0) is 35.7 Å². The van der Waals surface area contributed by atoms with Gasteiger partial charge in [0.15, 0.2) is 17.5 Å². The Hall–Kier alpha value is -2.50. The van der Waals surface area contributed by atoms with Crippen LogP contribution in [0.4, 0.5) is 24.5 Å². The monoisotopic (exact) mass is 322 g/mol. The van der Waals surface area contributed by atoms with Gasteiger partial charge in [0, 0.05) is 5.69 Å². The quantitative estimate of drug-likeness (QED) is 0.807. The first-order chi connectivity index (χ1) is 10.9. The molecule has 0 unspecified atom stereocenters. The number of rotatable bonds is 5. The van der Waals surface area contributed by atoms with Crippen molar-refractivity contribution in [2.24, 2.45) is 0 Å². The normalized spacial score (nSPS) is 10.7. The second kappa shape index (κ2) is 7.17. The van der Waals surface area contributed by atoms with Crippen LogP contribution in [0.3, 0.4) is 0 Å². The Bertz CT molecular complexity index is 700. The molecule has 2 aromatic rings. The third kappa shape index (κ3) is 4.25. The highest BCUT2D eigenvalue weighted by Gasteiger charge is 2.15. The summed E-state index contributed by atoms with van der Waals surface area (Å²) in [4.78, 5) is 11.8. The van der Waals surface area contributed by atoms with Gasteiger partial charge in [-0.2, -0.15) is 0 Å². The zero-order chi connectivity index (χ0) is 17.0. The zero-order valence-electron chi connectivity index (χ0n) is 12.8. The van der Waals surface area contributed by atoms with E-state index in [9.17, 15) is 18.0 Å². The molecule has 0 aliphatic rings. The van der Waals surface area contributed by atoms with E-state index < -0.39 is 29.0 Å². The van der Waals surface area contributed by atoms with E-state index in [2.05, 4.69) is 24.5 Å². The molecule has 2 N–H and O–H groups in total. The summed E-state index contributed by atoms with van der Waals surface area (Å²) in [5.74, 6) is -4.49. The van der Waals surface area contributed by atoms with Crippen LogP contribution in [0.25, 0.3) is 0 Å². The number of anilines is 2. The molecule has 0 saturated carbocycles. The first kappa shape index (κ1) is 16.9. The molecule has 122 valence electrons. The first-order valence-electron chi connectivity index (χ1n) is 7.15. The van der Waals surface area contributed by atoms with E-state index in [1.54, 1.807) is 0 Å². The molecule has 0 aliphatic carbocycles. The minimum Gasteiger partial charge on any atom is -0.376 e. The van der Waals surface area contributed by atoms with Crippen LogP contribution in [0.15, 0.2) is 36.4 Å². The summed E-state index contributed by atoms with van der Waals surface area (Å²) >= 11 is 0. The predicted octanol–water partition coefficient (Wildman–Crippen LogP) is 4.28. The van der Waals surface area contributed by atoms with Gasteiger partial charge in [0.05, 0.1) is 12.2 Å². The van der Waals surface area contributed by atoms with Crippen LogP contribution in [-0.2, 0) is 4.79 Å². The fourth-order valence-corrected chi connectivity index (χ4v) is 1.99. The van der Waals surface area contributed by atoms with Gasteiger partial charge in [0.25, 0.3) is 0 Å². The summed E-state index contributed by atoms with van der Waals surface area (Å²) < 4.78 is 39.4. The summed E-state index contributed by atoms with van der Waals surface area (Å²) in [6.07, 6.45) is 0. The molecular weight excluding hydrogens is 305 g/mol. The average Bonchev–Trinajstić information content (AvgIpc) is 2.54. The highest BCUT2D eigenvalue weighted by Crippen LogP contribution is 2.20. The molecule has 0 spiro atoms. The third-order valence-corrected chi connectivity index (χ3v) is 3.34. The molecule has 0 atom stereocenters. The minimum atomic E-state index is -1.61. The maximum Gasteiger partial charge on any atom is 0.243 e. The van der Waals surface area contributed by atoms with E-state index in [-0.39, 0.29) is 6.54 Å². The standard InChI is InChI=1S/C17H17F3N2O/c1-10(2)11-3-5-12(6-4-11)21-9-15(23)22-14-8-7-13(18)16(19)17(14)20/h3-8,10,21H,9H2,1-2H3,(H,22,23). The predicted molar refractivity (Wildman–Crippen MR) is 84.0 cm³/mol. The van der Waals surface area contributed by atoms with E-state index >= 15 is 0 Å². The molecule has 0 saturated heterocycles. The third-order valence-electron chi connectivity index (χ3n) is 3.34. The highest BCUT2D eigenvalue weighted by molar-refractivity contribution is 5.93. The number of carbonyl (C=O) groups excluding carboxylic acids is 1. The number of carbonyl (C=O) groups is 1. The molecule has 0 bridgehead atoms. The Morgan fingerprint density at radius 1 is 1.00 bits per heavy atom. The maximum atomic E-state index is 13.5. The maximum absolute atomic E-state index is 13.5. The van der Waals surface area contributed by atoms with E-state index in [1.807, 2.05) is 24.3 Å². The van der Waals surface area contributed by atoms with Gasteiger partial charge < -0.3 is 10.6 Å². The highest BCUT2D eigenvalue weighted by atomic mass is 19.2. The molecule has 2 rings (SSSR count). The van der Waals surface area contributed by atoms with Crippen LogP contribution in [0.2, 0.25) is 0 Å². The summed E-state index contributed by atoms with van der Waals surface area (Å²) in [5, 5.41) is 5.07. The largest absolute Gasteiger partial charge is 0.376 e. The number of nitrogens with one attached hydrogen (secondary N) is 2. The summed E-state index contributed by atoms with van der Waals surface area (Å²) in [6.45, 7) is 4.03. The smallest absolute Gasteiger partial charge is 0.243 e. The second-order valence-corrected chi connectivity index (χ2v) is 5.40. The Morgan fingerprint density at radius 2 is 1.65 bits per heavy atom. The van der Waals surface area contributed by atoms with Crippen molar-refractivity contribution in [3.05, 3.63) is 59.4 Å². The van der Waals surface area contributed by atoms with E-state index in [4.69, 9.17) is 0 Å². The zero-order valence-corrected chi connectivity index (χ0v) is 12.8. The number of halogens is 3.